The van der Waals surface area contributed by atoms with Crippen molar-refractivity contribution in [2.45, 2.75) is 23.5 Å². The lowest BCUT2D eigenvalue weighted by Crippen LogP contribution is -2.52. The molecule has 106 valence electrons. The van der Waals surface area contributed by atoms with Gasteiger partial charge < -0.3 is 14.2 Å². The van der Waals surface area contributed by atoms with Gasteiger partial charge in [0.1, 0.15) is 12.2 Å². The lowest BCUT2D eigenvalue weighted by molar-refractivity contribution is -0.0874. The molecule has 0 aliphatic heterocycles. The molecule has 1 aromatic rings. The van der Waals surface area contributed by atoms with Crippen LogP contribution in [-0.2, 0) is 9.47 Å². The van der Waals surface area contributed by atoms with Crippen LogP contribution in [0.4, 0.5) is 4.39 Å². The average Bonchev–Trinajstić information content (AvgIpc) is 2.38. The molecule has 0 aromatic heterocycles. The van der Waals surface area contributed by atoms with Gasteiger partial charge >= 0.3 is 0 Å². The van der Waals surface area contributed by atoms with E-state index in [9.17, 15) is 4.39 Å². The molecular weight excluding hydrogens is 383 g/mol. The SMILES string of the molecule is COCCOC1C(Br)CC1Oc1cc(Br)ccc1F. The molecule has 0 radical (unpaired) electrons. The molecule has 1 aliphatic carbocycles. The van der Waals surface area contributed by atoms with Gasteiger partial charge in [-0.15, -0.1) is 0 Å². The van der Waals surface area contributed by atoms with Crippen molar-refractivity contribution in [3.8, 4) is 5.75 Å². The molecule has 1 fully saturated rings. The Kier molecular flexibility index (Phi) is 5.62. The van der Waals surface area contributed by atoms with Crippen LogP contribution in [0, 0.1) is 5.82 Å². The number of ether oxygens (including phenoxy) is 3. The van der Waals surface area contributed by atoms with Crippen molar-refractivity contribution in [1.29, 1.82) is 0 Å². The molecule has 3 nitrogen and oxygen atoms in total. The van der Waals surface area contributed by atoms with Gasteiger partial charge in [0.2, 0.25) is 0 Å². The van der Waals surface area contributed by atoms with Crippen LogP contribution < -0.4 is 4.74 Å². The Morgan fingerprint density at radius 2 is 2.16 bits per heavy atom. The molecule has 0 saturated heterocycles. The van der Waals surface area contributed by atoms with Crippen LogP contribution in [0.15, 0.2) is 22.7 Å². The quantitative estimate of drug-likeness (QED) is 0.542. The first-order chi connectivity index (χ1) is 9.11. The summed E-state index contributed by atoms with van der Waals surface area (Å²) in [6.45, 7) is 1.04. The minimum absolute atomic E-state index is 0.0754. The van der Waals surface area contributed by atoms with E-state index in [2.05, 4.69) is 31.9 Å². The lowest BCUT2D eigenvalue weighted by Gasteiger charge is -2.40. The molecule has 0 spiro atoms. The normalized spacial score (nSPS) is 26.0. The van der Waals surface area contributed by atoms with Gasteiger partial charge in [0.15, 0.2) is 11.6 Å². The smallest absolute Gasteiger partial charge is 0.165 e. The highest BCUT2D eigenvalue weighted by atomic mass is 79.9. The van der Waals surface area contributed by atoms with Gasteiger partial charge in [-0.25, -0.2) is 4.39 Å². The molecule has 3 atom stereocenters. The second-order valence-electron chi connectivity index (χ2n) is 4.31. The van der Waals surface area contributed by atoms with Crippen molar-refractivity contribution in [2.75, 3.05) is 20.3 Å². The molecule has 0 N–H and O–H groups in total. The minimum Gasteiger partial charge on any atom is -0.485 e. The summed E-state index contributed by atoms with van der Waals surface area (Å²) in [5.74, 6) is -0.115. The maximum absolute atomic E-state index is 13.6. The Labute approximate surface area is 128 Å². The number of hydrogen-bond acceptors (Lipinski definition) is 3. The molecule has 0 heterocycles. The Morgan fingerprint density at radius 1 is 1.37 bits per heavy atom. The molecule has 0 amide bonds. The summed E-state index contributed by atoms with van der Waals surface area (Å²) in [6.07, 6.45) is 0.586. The minimum atomic E-state index is -0.364. The van der Waals surface area contributed by atoms with E-state index in [1.165, 1.54) is 6.07 Å². The second-order valence-corrected chi connectivity index (χ2v) is 6.40. The van der Waals surface area contributed by atoms with Crippen LogP contribution in [0.25, 0.3) is 0 Å². The molecule has 3 unspecified atom stereocenters. The Hall–Kier alpha value is -0.170. The van der Waals surface area contributed by atoms with Crippen LogP contribution in [0.1, 0.15) is 6.42 Å². The lowest BCUT2D eigenvalue weighted by atomic mass is 9.91. The first-order valence-corrected chi connectivity index (χ1v) is 7.69. The summed E-state index contributed by atoms with van der Waals surface area (Å²) >= 11 is 6.82. The van der Waals surface area contributed by atoms with Gasteiger partial charge in [0.25, 0.3) is 0 Å². The monoisotopic (exact) mass is 396 g/mol. The summed E-state index contributed by atoms with van der Waals surface area (Å²) < 4.78 is 30.7. The van der Waals surface area contributed by atoms with Crippen molar-refractivity contribution in [3.63, 3.8) is 0 Å². The van der Waals surface area contributed by atoms with Crippen LogP contribution in [0.5, 0.6) is 5.75 Å². The zero-order valence-electron chi connectivity index (χ0n) is 10.4. The first kappa shape index (κ1) is 15.2. The van der Waals surface area contributed by atoms with E-state index in [0.717, 1.165) is 10.9 Å². The number of methoxy groups -OCH3 is 1. The highest BCUT2D eigenvalue weighted by Crippen LogP contribution is 2.35. The van der Waals surface area contributed by atoms with Crippen LogP contribution in [0.3, 0.4) is 0 Å². The van der Waals surface area contributed by atoms with E-state index in [4.69, 9.17) is 14.2 Å². The molecule has 6 heteroatoms. The van der Waals surface area contributed by atoms with Gasteiger partial charge in [0.05, 0.1) is 13.2 Å². The fourth-order valence-electron chi connectivity index (χ4n) is 1.85. The van der Waals surface area contributed by atoms with Gasteiger partial charge in [0, 0.05) is 22.8 Å². The van der Waals surface area contributed by atoms with E-state index < -0.39 is 0 Å². The third-order valence-corrected chi connectivity index (χ3v) is 4.34. The van der Waals surface area contributed by atoms with Crippen molar-refractivity contribution in [1.82, 2.24) is 0 Å². The van der Waals surface area contributed by atoms with Gasteiger partial charge in [-0.1, -0.05) is 31.9 Å². The van der Waals surface area contributed by atoms with E-state index in [1.54, 1.807) is 19.2 Å². The van der Waals surface area contributed by atoms with Gasteiger partial charge in [-0.2, -0.15) is 0 Å². The standard InChI is InChI=1S/C13H15Br2FO3/c1-17-4-5-18-13-9(15)7-12(13)19-11-6-8(14)2-3-10(11)16/h2-3,6,9,12-13H,4-5,7H2,1H3. The number of halogens is 3. The molecule has 1 saturated carbocycles. The van der Waals surface area contributed by atoms with Crippen LogP contribution >= 0.6 is 31.9 Å². The van der Waals surface area contributed by atoms with E-state index in [0.29, 0.717) is 13.2 Å². The number of alkyl halides is 1. The maximum Gasteiger partial charge on any atom is 0.165 e. The third-order valence-electron chi connectivity index (χ3n) is 2.95. The van der Waals surface area contributed by atoms with Crippen molar-refractivity contribution in [3.05, 3.63) is 28.5 Å². The third kappa shape index (κ3) is 3.90. The average molecular weight is 398 g/mol. The predicted octanol–water partition coefficient (Wildman–Crippen LogP) is 3.53. The zero-order valence-corrected chi connectivity index (χ0v) is 13.6. The van der Waals surface area contributed by atoms with E-state index in [1.807, 2.05) is 0 Å². The zero-order chi connectivity index (χ0) is 13.8. The van der Waals surface area contributed by atoms with Crippen molar-refractivity contribution < 1.29 is 18.6 Å². The summed E-state index contributed by atoms with van der Waals surface area (Å²) in [4.78, 5) is 0.240. The fraction of sp³-hybridized carbons (Fsp3) is 0.538. The molecule has 2 rings (SSSR count). The van der Waals surface area contributed by atoms with E-state index in [-0.39, 0.29) is 28.6 Å². The highest BCUT2D eigenvalue weighted by Gasteiger charge is 2.42. The second kappa shape index (κ2) is 7.02. The predicted molar refractivity (Wildman–Crippen MR) is 77.5 cm³/mol. The number of rotatable bonds is 6. The summed E-state index contributed by atoms with van der Waals surface area (Å²) in [5.41, 5.74) is 0. The summed E-state index contributed by atoms with van der Waals surface area (Å²) in [7, 11) is 1.63. The highest BCUT2D eigenvalue weighted by molar-refractivity contribution is 9.10. The van der Waals surface area contributed by atoms with E-state index >= 15 is 0 Å². The van der Waals surface area contributed by atoms with Crippen LogP contribution in [-0.4, -0.2) is 37.4 Å². The van der Waals surface area contributed by atoms with Crippen molar-refractivity contribution in [2.24, 2.45) is 0 Å². The van der Waals surface area contributed by atoms with Gasteiger partial charge in [-0.3, -0.25) is 0 Å². The fourth-order valence-corrected chi connectivity index (χ4v) is 3.05. The molecule has 1 aromatic carbocycles. The Balaban J connectivity index is 1.93. The topological polar surface area (TPSA) is 27.7 Å². The molecule has 1 aliphatic rings. The summed E-state index contributed by atoms with van der Waals surface area (Å²) in [5, 5.41) is 0. The molecule has 0 bridgehead atoms. The maximum atomic E-state index is 13.6. The number of benzene rings is 1. The Morgan fingerprint density at radius 3 is 2.84 bits per heavy atom. The Bertz CT molecular complexity index is 430. The largest absolute Gasteiger partial charge is 0.485 e. The molecule has 19 heavy (non-hydrogen) atoms. The first-order valence-electron chi connectivity index (χ1n) is 5.98. The van der Waals surface area contributed by atoms with Gasteiger partial charge in [-0.05, 0) is 18.2 Å². The summed E-state index contributed by atoms with van der Waals surface area (Å²) in [6, 6.07) is 4.65. The van der Waals surface area contributed by atoms with Crippen molar-refractivity contribution >= 4 is 31.9 Å². The van der Waals surface area contributed by atoms with Crippen LogP contribution in [0.2, 0.25) is 0 Å². The molecular formula is C13H15Br2FO3. The number of hydrogen-bond donors (Lipinski definition) is 0.